The molecule has 0 fully saturated rings. The van der Waals surface area contributed by atoms with E-state index in [1.54, 1.807) is 0 Å². The van der Waals surface area contributed by atoms with Crippen molar-refractivity contribution < 1.29 is 14.7 Å². The van der Waals surface area contributed by atoms with Gasteiger partial charge in [-0.2, -0.15) is 0 Å². The summed E-state index contributed by atoms with van der Waals surface area (Å²) >= 11 is 5.95. The fraction of sp³-hybridized carbons (Fsp3) is 0.467. The van der Waals surface area contributed by atoms with Gasteiger partial charge in [0, 0.05) is 6.04 Å². The van der Waals surface area contributed by atoms with Crippen molar-refractivity contribution in [1.82, 2.24) is 5.32 Å². The molecule has 116 valence electrons. The molecule has 3 N–H and O–H groups in total. The zero-order chi connectivity index (χ0) is 16.0. The topological polar surface area (TPSA) is 78.4 Å². The smallest absolute Gasteiger partial charge is 0.335 e. The zero-order valence-electron chi connectivity index (χ0n) is 12.4. The molecule has 1 rings (SSSR count). The van der Waals surface area contributed by atoms with Gasteiger partial charge in [0.1, 0.15) is 0 Å². The van der Waals surface area contributed by atoms with E-state index in [1.165, 1.54) is 18.2 Å². The van der Waals surface area contributed by atoms with Crippen molar-refractivity contribution >= 4 is 29.2 Å². The molecule has 0 spiro atoms. The highest BCUT2D eigenvalue weighted by Gasteiger charge is 2.11. The molecule has 21 heavy (non-hydrogen) atoms. The van der Waals surface area contributed by atoms with Gasteiger partial charge in [-0.25, -0.2) is 4.79 Å². The summed E-state index contributed by atoms with van der Waals surface area (Å²) in [5, 5.41) is 15.0. The number of aromatic carboxylic acids is 1. The molecule has 0 saturated carbocycles. The normalized spacial score (nSPS) is 12.2. The Morgan fingerprint density at radius 2 is 1.95 bits per heavy atom. The van der Waals surface area contributed by atoms with E-state index in [0.29, 0.717) is 16.6 Å². The van der Waals surface area contributed by atoms with E-state index >= 15 is 0 Å². The van der Waals surface area contributed by atoms with Crippen LogP contribution in [0.5, 0.6) is 0 Å². The van der Waals surface area contributed by atoms with Gasteiger partial charge in [-0.05, 0) is 37.5 Å². The molecular formula is C15H21ClN2O3. The van der Waals surface area contributed by atoms with Crippen LogP contribution in [0.1, 0.15) is 37.6 Å². The first-order chi connectivity index (χ1) is 9.79. The predicted octanol–water partition coefficient (Wildman–Crippen LogP) is 3.00. The number of nitrogens with one attached hydrogen (secondary N) is 2. The fourth-order valence-electron chi connectivity index (χ4n) is 2.01. The van der Waals surface area contributed by atoms with E-state index < -0.39 is 5.97 Å². The molecule has 0 aromatic heterocycles. The maximum Gasteiger partial charge on any atom is 0.335 e. The number of anilines is 1. The van der Waals surface area contributed by atoms with Crippen molar-refractivity contribution in [2.45, 2.75) is 33.2 Å². The molecule has 5 nitrogen and oxygen atoms in total. The molecule has 6 heteroatoms. The van der Waals surface area contributed by atoms with Gasteiger partial charge >= 0.3 is 5.97 Å². The number of amides is 1. The highest BCUT2D eigenvalue weighted by atomic mass is 35.5. The zero-order valence-corrected chi connectivity index (χ0v) is 13.2. The summed E-state index contributed by atoms with van der Waals surface area (Å²) in [6.07, 6.45) is 0.975. The summed E-state index contributed by atoms with van der Waals surface area (Å²) in [4.78, 5) is 22.8. The number of carbonyl (C=O) groups excluding carboxylic acids is 1. The van der Waals surface area contributed by atoms with Crippen LogP contribution in [0.15, 0.2) is 18.2 Å². The van der Waals surface area contributed by atoms with Crippen molar-refractivity contribution in [3.8, 4) is 0 Å². The minimum Gasteiger partial charge on any atom is -0.478 e. The number of carboxylic acid groups (broad SMARTS) is 1. The third-order valence-electron chi connectivity index (χ3n) is 2.92. The van der Waals surface area contributed by atoms with Crippen LogP contribution in [0.4, 0.5) is 5.69 Å². The van der Waals surface area contributed by atoms with Crippen LogP contribution in [0.2, 0.25) is 5.02 Å². The van der Waals surface area contributed by atoms with Crippen LogP contribution in [0.25, 0.3) is 0 Å². The van der Waals surface area contributed by atoms with Crippen molar-refractivity contribution in [2.75, 3.05) is 11.9 Å². The second-order valence-corrected chi connectivity index (χ2v) is 5.87. The Hall–Kier alpha value is -1.59. The van der Waals surface area contributed by atoms with E-state index in [1.807, 2.05) is 6.92 Å². The van der Waals surface area contributed by atoms with Crippen molar-refractivity contribution in [2.24, 2.45) is 5.92 Å². The van der Waals surface area contributed by atoms with E-state index in [0.717, 1.165) is 6.42 Å². The lowest BCUT2D eigenvalue weighted by Crippen LogP contribution is -2.35. The Labute approximate surface area is 129 Å². The summed E-state index contributed by atoms with van der Waals surface area (Å²) in [6.45, 7) is 6.41. The maximum atomic E-state index is 11.9. The summed E-state index contributed by atoms with van der Waals surface area (Å²) in [7, 11) is 0. The molecule has 0 heterocycles. The molecule has 1 unspecified atom stereocenters. The first-order valence-corrected chi connectivity index (χ1v) is 7.23. The molecule has 1 aromatic rings. The number of hydrogen-bond acceptors (Lipinski definition) is 3. The Morgan fingerprint density at radius 3 is 2.52 bits per heavy atom. The molecular weight excluding hydrogens is 292 g/mol. The van der Waals surface area contributed by atoms with Gasteiger partial charge in [0.25, 0.3) is 0 Å². The van der Waals surface area contributed by atoms with E-state index in [4.69, 9.17) is 16.7 Å². The first-order valence-electron chi connectivity index (χ1n) is 6.85. The average Bonchev–Trinajstić information content (AvgIpc) is 2.38. The molecule has 0 radical (unpaired) electrons. The number of carbonyl (C=O) groups is 2. The number of carboxylic acids is 1. The molecule has 0 aliphatic rings. The standard InChI is InChI=1S/C15H21ClN2O3/c1-9(2)6-10(3)17-8-14(19)18-13-7-11(15(20)21)4-5-12(13)16/h4-5,7,9-10,17H,6,8H2,1-3H3,(H,18,19)(H,20,21). The lowest BCUT2D eigenvalue weighted by atomic mass is 10.1. The van der Waals surface area contributed by atoms with Gasteiger partial charge in [-0.3, -0.25) is 4.79 Å². The molecule has 0 bridgehead atoms. The minimum atomic E-state index is -1.06. The van der Waals surface area contributed by atoms with Crippen LogP contribution < -0.4 is 10.6 Å². The lowest BCUT2D eigenvalue weighted by Gasteiger charge is -2.16. The Kier molecular flexibility index (Phi) is 6.65. The number of rotatable bonds is 7. The minimum absolute atomic E-state index is 0.0795. The Bertz CT molecular complexity index is 518. The third kappa shape index (κ3) is 6.14. The summed E-state index contributed by atoms with van der Waals surface area (Å²) < 4.78 is 0. The number of hydrogen-bond donors (Lipinski definition) is 3. The van der Waals surface area contributed by atoms with Gasteiger partial charge in [0.15, 0.2) is 0 Å². The molecule has 1 amide bonds. The van der Waals surface area contributed by atoms with E-state index in [9.17, 15) is 9.59 Å². The second kappa shape index (κ2) is 8.00. The second-order valence-electron chi connectivity index (χ2n) is 5.46. The quantitative estimate of drug-likeness (QED) is 0.723. The van der Waals surface area contributed by atoms with Crippen molar-refractivity contribution in [3.05, 3.63) is 28.8 Å². The molecule has 1 atom stereocenters. The largest absolute Gasteiger partial charge is 0.478 e. The summed E-state index contributed by atoms with van der Waals surface area (Å²) in [5.41, 5.74) is 0.385. The maximum absolute atomic E-state index is 11.9. The molecule has 0 aliphatic heterocycles. The molecule has 0 aliphatic carbocycles. The third-order valence-corrected chi connectivity index (χ3v) is 3.25. The SMILES string of the molecule is CC(C)CC(C)NCC(=O)Nc1cc(C(=O)O)ccc1Cl. The predicted molar refractivity (Wildman–Crippen MR) is 84.0 cm³/mol. The monoisotopic (exact) mass is 312 g/mol. The van der Waals surface area contributed by atoms with Crippen molar-refractivity contribution in [1.29, 1.82) is 0 Å². The summed E-state index contributed by atoms with van der Waals surface area (Å²) in [6, 6.07) is 4.43. The number of halogens is 1. The van der Waals surface area contributed by atoms with Crippen LogP contribution in [-0.4, -0.2) is 29.6 Å². The van der Waals surface area contributed by atoms with Gasteiger partial charge < -0.3 is 15.7 Å². The Morgan fingerprint density at radius 1 is 1.29 bits per heavy atom. The van der Waals surface area contributed by atoms with Crippen LogP contribution in [0, 0.1) is 5.92 Å². The van der Waals surface area contributed by atoms with Crippen LogP contribution >= 0.6 is 11.6 Å². The molecule has 1 aromatic carbocycles. The van der Waals surface area contributed by atoms with Gasteiger partial charge in [0.2, 0.25) is 5.91 Å². The summed E-state index contributed by atoms with van der Waals surface area (Å²) in [5.74, 6) is -0.766. The number of benzene rings is 1. The lowest BCUT2D eigenvalue weighted by molar-refractivity contribution is -0.115. The van der Waals surface area contributed by atoms with Gasteiger partial charge in [0.05, 0.1) is 22.8 Å². The fourth-order valence-corrected chi connectivity index (χ4v) is 2.17. The highest BCUT2D eigenvalue weighted by molar-refractivity contribution is 6.33. The van der Waals surface area contributed by atoms with Crippen LogP contribution in [-0.2, 0) is 4.79 Å². The Balaban J connectivity index is 2.58. The van der Waals surface area contributed by atoms with Crippen LogP contribution in [0.3, 0.4) is 0 Å². The first kappa shape index (κ1) is 17.5. The van der Waals surface area contributed by atoms with E-state index in [2.05, 4.69) is 24.5 Å². The average molecular weight is 313 g/mol. The highest BCUT2D eigenvalue weighted by Crippen LogP contribution is 2.23. The van der Waals surface area contributed by atoms with E-state index in [-0.39, 0.29) is 24.1 Å². The molecule has 0 saturated heterocycles. The van der Waals surface area contributed by atoms with Gasteiger partial charge in [-0.1, -0.05) is 25.4 Å². The van der Waals surface area contributed by atoms with Crippen molar-refractivity contribution in [3.63, 3.8) is 0 Å². The van der Waals surface area contributed by atoms with Gasteiger partial charge in [-0.15, -0.1) is 0 Å².